The van der Waals surface area contributed by atoms with Gasteiger partial charge in [0, 0.05) is 13.0 Å². The van der Waals surface area contributed by atoms with Gasteiger partial charge < -0.3 is 19.5 Å². The highest BCUT2D eigenvalue weighted by molar-refractivity contribution is 5.71. The van der Waals surface area contributed by atoms with E-state index in [0.717, 1.165) is 70.5 Å². The maximum atomic E-state index is 12.3. The molecule has 0 amide bonds. The summed E-state index contributed by atoms with van der Waals surface area (Å²) >= 11 is 0. The predicted molar refractivity (Wildman–Crippen MR) is 191 cm³/mol. The van der Waals surface area contributed by atoms with E-state index in [1.807, 2.05) is 0 Å². The van der Waals surface area contributed by atoms with E-state index in [9.17, 15) is 14.7 Å². The van der Waals surface area contributed by atoms with Gasteiger partial charge in [-0.15, -0.1) is 0 Å². The zero-order chi connectivity index (χ0) is 33.1. The van der Waals surface area contributed by atoms with Gasteiger partial charge in [-0.2, -0.15) is 0 Å². The Bertz CT molecular complexity index is 731. The molecule has 0 heterocycles. The van der Waals surface area contributed by atoms with Crippen molar-refractivity contribution in [3.05, 3.63) is 0 Å². The number of aliphatic hydroxyl groups is 1. The lowest BCUT2D eigenvalue weighted by Crippen LogP contribution is -2.52. The lowest BCUT2D eigenvalue weighted by molar-refractivity contribution is -0.164. The molecule has 46 heavy (non-hydrogen) atoms. The number of ether oxygens (including phenoxy) is 2. The normalized spacial score (nSPS) is 18.5. The summed E-state index contributed by atoms with van der Waals surface area (Å²) < 4.78 is 11.1. The molecule has 3 saturated carbocycles. The van der Waals surface area contributed by atoms with Crippen LogP contribution in [0.25, 0.3) is 0 Å². The molecule has 0 aliphatic heterocycles. The molecule has 6 heteroatoms. The summed E-state index contributed by atoms with van der Waals surface area (Å²) in [4.78, 5) is 26.9. The smallest absolute Gasteiger partial charge is 0.306 e. The van der Waals surface area contributed by atoms with Gasteiger partial charge in [-0.05, 0) is 101 Å². The minimum absolute atomic E-state index is 0.00511. The summed E-state index contributed by atoms with van der Waals surface area (Å²) in [5, 5.41) is 9.22. The molecule has 0 aromatic heterocycles. The highest BCUT2D eigenvalue weighted by Crippen LogP contribution is 2.66. The third kappa shape index (κ3) is 19.6. The van der Waals surface area contributed by atoms with Crippen LogP contribution < -0.4 is 0 Å². The second kappa shape index (κ2) is 26.8. The predicted octanol–water partition coefficient (Wildman–Crippen LogP) is 10.2. The van der Waals surface area contributed by atoms with Crippen LogP contribution in [0.4, 0.5) is 0 Å². The molecule has 3 fully saturated rings. The molecule has 1 N–H and O–H groups in total. The Kier molecular flexibility index (Phi) is 23.9. The van der Waals surface area contributed by atoms with E-state index in [-0.39, 0.29) is 18.5 Å². The van der Waals surface area contributed by atoms with Gasteiger partial charge >= 0.3 is 11.9 Å². The molecule has 3 aliphatic rings. The Morgan fingerprint density at radius 1 is 0.630 bits per heavy atom. The van der Waals surface area contributed by atoms with Crippen LogP contribution in [0.2, 0.25) is 0 Å². The molecular formula is C40H75NO5. The topological polar surface area (TPSA) is 76.1 Å². The molecule has 0 unspecified atom stereocenters. The lowest BCUT2D eigenvalue weighted by Gasteiger charge is -2.61. The van der Waals surface area contributed by atoms with Crippen LogP contribution in [0.15, 0.2) is 0 Å². The molecule has 0 radical (unpaired) electrons. The summed E-state index contributed by atoms with van der Waals surface area (Å²) in [5.41, 5.74) is 0.357. The van der Waals surface area contributed by atoms with Crippen molar-refractivity contribution in [3.8, 4) is 0 Å². The zero-order valence-electron chi connectivity index (χ0n) is 30.5. The van der Waals surface area contributed by atoms with Gasteiger partial charge in [-0.3, -0.25) is 9.59 Å². The van der Waals surface area contributed by atoms with E-state index in [2.05, 4.69) is 18.7 Å². The number of carbonyl (C=O) groups excluding carboxylic acids is 2. The third-order valence-corrected chi connectivity index (χ3v) is 10.8. The average Bonchev–Trinajstić information content (AvgIpc) is 3.00. The first-order chi connectivity index (χ1) is 22.5. The largest absolute Gasteiger partial charge is 0.466 e. The quantitative estimate of drug-likeness (QED) is 0.0552. The molecule has 0 atom stereocenters. The van der Waals surface area contributed by atoms with Crippen molar-refractivity contribution in [2.75, 3.05) is 39.5 Å². The minimum Gasteiger partial charge on any atom is -0.466 e. The first-order valence-electron chi connectivity index (χ1n) is 20.1. The molecule has 3 aliphatic carbocycles. The molecule has 6 nitrogen and oxygen atoms in total. The lowest BCUT2D eigenvalue weighted by atomic mass is 9.43. The summed E-state index contributed by atoms with van der Waals surface area (Å²) in [6.07, 6.45) is 31.1. The van der Waals surface area contributed by atoms with Gasteiger partial charge in [0.25, 0.3) is 0 Å². The van der Waals surface area contributed by atoms with Gasteiger partial charge in [0.2, 0.25) is 0 Å². The van der Waals surface area contributed by atoms with Crippen LogP contribution in [0, 0.1) is 17.3 Å². The average molecular weight is 650 g/mol. The minimum atomic E-state index is -0.00511. The first-order valence-corrected chi connectivity index (χ1v) is 20.1. The Morgan fingerprint density at radius 3 is 1.70 bits per heavy atom. The van der Waals surface area contributed by atoms with Crippen molar-refractivity contribution >= 4 is 11.9 Å². The van der Waals surface area contributed by atoms with Gasteiger partial charge in [-0.25, -0.2) is 0 Å². The SMILES string of the molecule is CCCCCC(CCCCC)CCOC(=O)CCCCCCCN(CCCCO)CCCCCCCCOC(=O)CC12CC(C1)C2. The van der Waals surface area contributed by atoms with Crippen LogP contribution in [-0.4, -0.2) is 61.4 Å². The number of unbranched alkanes of at least 4 members (excludes halogenated alkanes) is 14. The van der Waals surface area contributed by atoms with Crippen molar-refractivity contribution in [3.63, 3.8) is 0 Å². The van der Waals surface area contributed by atoms with Crippen LogP contribution in [-0.2, 0) is 19.1 Å². The van der Waals surface area contributed by atoms with Gasteiger partial charge in [0.1, 0.15) is 0 Å². The highest BCUT2D eigenvalue weighted by Gasteiger charge is 2.57. The zero-order valence-corrected chi connectivity index (χ0v) is 30.5. The summed E-state index contributed by atoms with van der Waals surface area (Å²) in [6, 6.07) is 0. The van der Waals surface area contributed by atoms with E-state index in [4.69, 9.17) is 9.47 Å². The Labute approximate surface area is 284 Å². The van der Waals surface area contributed by atoms with E-state index in [1.165, 1.54) is 116 Å². The number of hydrogen-bond acceptors (Lipinski definition) is 6. The van der Waals surface area contributed by atoms with E-state index < -0.39 is 0 Å². The maximum Gasteiger partial charge on any atom is 0.306 e. The van der Waals surface area contributed by atoms with Crippen LogP contribution in [0.1, 0.15) is 187 Å². The maximum absolute atomic E-state index is 12.3. The fraction of sp³-hybridized carbons (Fsp3) is 0.950. The van der Waals surface area contributed by atoms with Gasteiger partial charge in [-0.1, -0.05) is 110 Å². The van der Waals surface area contributed by atoms with Crippen molar-refractivity contribution in [2.24, 2.45) is 17.3 Å². The van der Waals surface area contributed by atoms with Gasteiger partial charge in [0.15, 0.2) is 0 Å². The van der Waals surface area contributed by atoms with Crippen molar-refractivity contribution in [1.82, 2.24) is 4.90 Å². The molecule has 2 bridgehead atoms. The Morgan fingerprint density at radius 2 is 1.15 bits per heavy atom. The van der Waals surface area contributed by atoms with Crippen molar-refractivity contribution in [1.29, 1.82) is 0 Å². The monoisotopic (exact) mass is 650 g/mol. The number of rotatable bonds is 34. The number of hydrogen-bond donors (Lipinski definition) is 1. The fourth-order valence-electron chi connectivity index (χ4n) is 7.69. The van der Waals surface area contributed by atoms with Crippen LogP contribution in [0.3, 0.4) is 0 Å². The van der Waals surface area contributed by atoms with Crippen molar-refractivity contribution < 1.29 is 24.2 Å². The van der Waals surface area contributed by atoms with E-state index in [0.29, 0.717) is 37.4 Å². The molecular weight excluding hydrogens is 574 g/mol. The Balaban J connectivity index is 1.42. The molecule has 3 rings (SSSR count). The molecule has 270 valence electrons. The molecule has 0 aromatic rings. The fourth-order valence-corrected chi connectivity index (χ4v) is 7.69. The molecule has 0 saturated heterocycles. The second-order valence-electron chi connectivity index (χ2n) is 15.2. The number of nitrogens with zero attached hydrogens (tertiary/aromatic N) is 1. The number of esters is 2. The summed E-state index contributed by atoms with van der Waals surface area (Å²) in [5.74, 6) is 1.67. The standard InChI is InChI=1S/C40H75NO5/c1-3-5-14-22-36(23-15-6-4-2)25-31-46-38(43)24-16-10-9-12-18-27-41(28-19-20-29-42)26-17-11-7-8-13-21-30-45-39(44)35-40-32-37(33-40)34-40/h36-37,42H,3-35H2,1-2H3. The molecule has 0 spiro atoms. The van der Waals surface area contributed by atoms with Crippen LogP contribution in [0.5, 0.6) is 0 Å². The number of carbonyl (C=O) groups is 2. The third-order valence-electron chi connectivity index (χ3n) is 10.8. The molecule has 0 aromatic carbocycles. The van der Waals surface area contributed by atoms with Gasteiger partial charge in [0.05, 0.1) is 19.6 Å². The first kappa shape index (κ1) is 41.0. The van der Waals surface area contributed by atoms with Crippen molar-refractivity contribution in [2.45, 2.75) is 187 Å². The van der Waals surface area contributed by atoms with E-state index >= 15 is 0 Å². The Hall–Kier alpha value is -1.14. The summed E-state index contributed by atoms with van der Waals surface area (Å²) in [7, 11) is 0. The van der Waals surface area contributed by atoms with Crippen LogP contribution >= 0.6 is 0 Å². The second-order valence-corrected chi connectivity index (χ2v) is 15.2. The van der Waals surface area contributed by atoms with E-state index in [1.54, 1.807) is 0 Å². The summed E-state index contributed by atoms with van der Waals surface area (Å²) in [6.45, 7) is 9.37. The number of aliphatic hydroxyl groups excluding tert-OH is 1. The highest BCUT2D eigenvalue weighted by atomic mass is 16.5.